The monoisotopic (exact) mass is 325 g/mol. The standard InChI is InChI=1S/C19H19NO4/c21-12-15(10-18(22)23)19(24)20-9-8-14(11-20)17-7-3-5-13-4-1-2-6-16(13)17/h1-8,15,21H,9-12H2,(H,22,23). The first-order valence-electron chi connectivity index (χ1n) is 7.88. The van der Waals surface area contributed by atoms with E-state index in [0.717, 1.165) is 21.9 Å². The summed E-state index contributed by atoms with van der Waals surface area (Å²) in [6.07, 6.45) is 1.64. The summed E-state index contributed by atoms with van der Waals surface area (Å²) in [5, 5.41) is 20.4. The Morgan fingerprint density at radius 3 is 2.62 bits per heavy atom. The molecule has 0 aromatic heterocycles. The average molecular weight is 325 g/mol. The van der Waals surface area contributed by atoms with E-state index in [0.29, 0.717) is 13.1 Å². The van der Waals surface area contributed by atoms with Gasteiger partial charge in [0.1, 0.15) is 0 Å². The molecular formula is C19H19NO4. The Hall–Kier alpha value is -2.66. The van der Waals surface area contributed by atoms with E-state index in [1.54, 1.807) is 4.90 Å². The van der Waals surface area contributed by atoms with Gasteiger partial charge in [-0.2, -0.15) is 0 Å². The van der Waals surface area contributed by atoms with Gasteiger partial charge in [-0.1, -0.05) is 48.5 Å². The predicted octanol–water partition coefficient (Wildman–Crippen LogP) is 2.15. The average Bonchev–Trinajstić information content (AvgIpc) is 3.08. The van der Waals surface area contributed by atoms with Crippen LogP contribution in [0.25, 0.3) is 16.3 Å². The number of hydrogen-bond acceptors (Lipinski definition) is 3. The number of carboxylic acids is 1. The van der Waals surface area contributed by atoms with Crippen molar-refractivity contribution in [3.63, 3.8) is 0 Å². The molecule has 1 aliphatic heterocycles. The third kappa shape index (κ3) is 3.16. The Morgan fingerprint density at radius 2 is 1.88 bits per heavy atom. The summed E-state index contributed by atoms with van der Waals surface area (Å²) in [4.78, 5) is 24.8. The zero-order valence-electron chi connectivity index (χ0n) is 13.2. The van der Waals surface area contributed by atoms with Crippen LogP contribution in [0.4, 0.5) is 0 Å². The molecule has 2 aromatic carbocycles. The number of carbonyl (C=O) groups excluding carboxylic acids is 1. The fourth-order valence-corrected chi connectivity index (χ4v) is 3.12. The first-order valence-corrected chi connectivity index (χ1v) is 7.88. The highest BCUT2D eigenvalue weighted by molar-refractivity contribution is 5.96. The molecule has 5 nitrogen and oxygen atoms in total. The van der Waals surface area contributed by atoms with E-state index in [9.17, 15) is 14.7 Å². The molecule has 0 spiro atoms. The molecule has 24 heavy (non-hydrogen) atoms. The molecule has 1 heterocycles. The summed E-state index contributed by atoms with van der Waals surface area (Å²) in [6.45, 7) is 0.418. The summed E-state index contributed by atoms with van der Waals surface area (Å²) in [5.41, 5.74) is 2.13. The fourth-order valence-electron chi connectivity index (χ4n) is 3.12. The summed E-state index contributed by atoms with van der Waals surface area (Å²) in [5.74, 6) is -2.28. The molecule has 0 bridgehead atoms. The number of carboxylic acid groups (broad SMARTS) is 1. The predicted molar refractivity (Wildman–Crippen MR) is 91.3 cm³/mol. The Kier molecular flexibility index (Phi) is 4.62. The topological polar surface area (TPSA) is 77.8 Å². The number of nitrogens with zero attached hydrogens (tertiary/aromatic N) is 1. The second kappa shape index (κ2) is 6.84. The molecule has 5 heteroatoms. The van der Waals surface area contributed by atoms with E-state index >= 15 is 0 Å². The molecule has 1 atom stereocenters. The number of fused-ring (bicyclic) bond motifs is 1. The van der Waals surface area contributed by atoms with Crippen molar-refractivity contribution in [3.8, 4) is 0 Å². The van der Waals surface area contributed by atoms with Gasteiger partial charge in [-0.05, 0) is 21.9 Å². The van der Waals surface area contributed by atoms with Crippen molar-refractivity contribution in [2.45, 2.75) is 6.42 Å². The number of carbonyl (C=O) groups is 2. The molecule has 3 rings (SSSR count). The van der Waals surface area contributed by atoms with Gasteiger partial charge in [0.15, 0.2) is 0 Å². The number of aliphatic hydroxyl groups excluding tert-OH is 1. The summed E-state index contributed by atoms with van der Waals surface area (Å²) < 4.78 is 0. The van der Waals surface area contributed by atoms with Crippen LogP contribution in [0, 0.1) is 5.92 Å². The van der Waals surface area contributed by atoms with E-state index < -0.39 is 18.5 Å². The van der Waals surface area contributed by atoms with E-state index in [1.165, 1.54) is 0 Å². The smallest absolute Gasteiger partial charge is 0.304 e. The van der Waals surface area contributed by atoms with Gasteiger partial charge in [-0.25, -0.2) is 0 Å². The highest BCUT2D eigenvalue weighted by atomic mass is 16.4. The number of amides is 1. The van der Waals surface area contributed by atoms with Gasteiger partial charge in [0, 0.05) is 13.1 Å². The largest absolute Gasteiger partial charge is 0.481 e. The maximum atomic E-state index is 12.4. The van der Waals surface area contributed by atoms with E-state index in [4.69, 9.17) is 5.11 Å². The van der Waals surface area contributed by atoms with Gasteiger partial charge < -0.3 is 15.1 Å². The van der Waals surface area contributed by atoms with Crippen molar-refractivity contribution >= 4 is 28.2 Å². The highest BCUT2D eigenvalue weighted by Crippen LogP contribution is 2.29. The lowest BCUT2D eigenvalue weighted by atomic mass is 9.98. The lowest BCUT2D eigenvalue weighted by Gasteiger charge is -2.21. The maximum absolute atomic E-state index is 12.4. The third-order valence-corrected chi connectivity index (χ3v) is 4.36. The van der Waals surface area contributed by atoms with Crippen LogP contribution in [-0.2, 0) is 9.59 Å². The molecule has 124 valence electrons. The van der Waals surface area contributed by atoms with Gasteiger partial charge in [0.25, 0.3) is 0 Å². The lowest BCUT2D eigenvalue weighted by Crippen LogP contribution is -2.37. The molecular weight excluding hydrogens is 306 g/mol. The number of aliphatic hydroxyl groups is 1. The molecule has 2 aromatic rings. The fraction of sp³-hybridized carbons (Fsp3) is 0.263. The van der Waals surface area contributed by atoms with E-state index in [1.807, 2.05) is 42.5 Å². The highest BCUT2D eigenvalue weighted by Gasteiger charge is 2.28. The molecule has 0 fully saturated rings. The van der Waals surface area contributed by atoms with Crippen molar-refractivity contribution in [3.05, 3.63) is 54.1 Å². The summed E-state index contributed by atoms with van der Waals surface area (Å²) in [6, 6.07) is 14.1. The van der Waals surface area contributed by atoms with Crippen LogP contribution >= 0.6 is 0 Å². The first kappa shape index (κ1) is 16.2. The first-order chi connectivity index (χ1) is 11.6. The molecule has 0 aliphatic carbocycles. The second-order valence-corrected chi connectivity index (χ2v) is 5.95. The van der Waals surface area contributed by atoms with Crippen molar-refractivity contribution in [1.82, 2.24) is 4.90 Å². The minimum absolute atomic E-state index is 0.314. The van der Waals surface area contributed by atoms with Gasteiger partial charge in [0.2, 0.25) is 5.91 Å². The SMILES string of the molecule is O=C(O)CC(CO)C(=O)N1CC=C(c2cccc3ccccc23)C1. The molecule has 0 saturated carbocycles. The Labute approximate surface area is 139 Å². The van der Waals surface area contributed by atoms with E-state index in [-0.39, 0.29) is 12.3 Å². The van der Waals surface area contributed by atoms with Crippen LogP contribution in [0.15, 0.2) is 48.5 Å². The summed E-state index contributed by atoms with van der Waals surface area (Å²) >= 11 is 0. The Morgan fingerprint density at radius 1 is 1.12 bits per heavy atom. The maximum Gasteiger partial charge on any atom is 0.304 e. The van der Waals surface area contributed by atoms with Crippen LogP contribution in [0.3, 0.4) is 0 Å². The normalized spacial score (nSPS) is 15.4. The van der Waals surface area contributed by atoms with Crippen molar-refractivity contribution in [2.24, 2.45) is 5.92 Å². The molecule has 1 aliphatic rings. The number of benzene rings is 2. The Balaban J connectivity index is 1.79. The second-order valence-electron chi connectivity index (χ2n) is 5.95. The minimum Gasteiger partial charge on any atom is -0.481 e. The van der Waals surface area contributed by atoms with Gasteiger partial charge in [0.05, 0.1) is 18.9 Å². The number of rotatable bonds is 5. The van der Waals surface area contributed by atoms with E-state index in [2.05, 4.69) is 6.07 Å². The van der Waals surface area contributed by atoms with Crippen LogP contribution in [-0.4, -0.2) is 46.7 Å². The van der Waals surface area contributed by atoms with Crippen LogP contribution in [0.5, 0.6) is 0 Å². The zero-order chi connectivity index (χ0) is 17.1. The third-order valence-electron chi connectivity index (χ3n) is 4.36. The van der Waals surface area contributed by atoms with Gasteiger partial charge in [-0.3, -0.25) is 9.59 Å². The van der Waals surface area contributed by atoms with Crippen molar-refractivity contribution in [2.75, 3.05) is 19.7 Å². The van der Waals surface area contributed by atoms with Crippen LogP contribution in [0.2, 0.25) is 0 Å². The number of hydrogen-bond donors (Lipinski definition) is 2. The quantitative estimate of drug-likeness (QED) is 0.883. The van der Waals surface area contributed by atoms with Crippen LogP contribution in [0.1, 0.15) is 12.0 Å². The van der Waals surface area contributed by atoms with Gasteiger partial charge >= 0.3 is 5.97 Å². The molecule has 0 saturated heterocycles. The lowest BCUT2D eigenvalue weighted by molar-refractivity contribution is -0.145. The zero-order valence-corrected chi connectivity index (χ0v) is 13.2. The molecule has 1 amide bonds. The minimum atomic E-state index is -1.08. The number of aliphatic carboxylic acids is 1. The van der Waals surface area contributed by atoms with Crippen LogP contribution < -0.4 is 0 Å². The molecule has 2 N–H and O–H groups in total. The van der Waals surface area contributed by atoms with Crippen molar-refractivity contribution < 1.29 is 19.8 Å². The molecule has 0 radical (unpaired) electrons. The summed E-state index contributed by atoms with van der Waals surface area (Å²) in [7, 11) is 0. The van der Waals surface area contributed by atoms with Crippen molar-refractivity contribution in [1.29, 1.82) is 0 Å². The Bertz CT molecular complexity index is 807. The molecule has 1 unspecified atom stereocenters. The van der Waals surface area contributed by atoms with Gasteiger partial charge in [-0.15, -0.1) is 0 Å².